The number of carbonyl (C=O) groups is 2. The standard InChI is InChI=1S/C18H19N3O2S/c22-17(19-13-5-6-13)18(23)20-14-3-1-2-4-15(14)21-9-7-16-12(11-21)8-10-24-16/h1-4,8,10,13H,5-7,9,11H2,(H,19,22)(H,20,23). The van der Waals surface area contributed by atoms with Gasteiger partial charge in [0.15, 0.2) is 0 Å². The molecule has 1 aromatic carbocycles. The van der Waals surface area contributed by atoms with Gasteiger partial charge in [-0.05, 0) is 48.4 Å². The molecular formula is C18H19N3O2S. The van der Waals surface area contributed by atoms with E-state index in [9.17, 15) is 9.59 Å². The number of hydrogen-bond acceptors (Lipinski definition) is 4. The summed E-state index contributed by atoms with van der Waals surface area (Å²) in [6.45, 7) is 1.74. The fourth-order valence-electron chi connectivity index (χ4n) is 2.97. The Kier molecular flexibility index (Phi) is 3.98. The van der Waals surface area contributed by atoms with Crippen molar-refractivity contribution in [3.63, 3.8) is 0 Å². The average Bonchev–Trinajstić information content (AvgIpc) is 3.28. The number of amides is 2. The van der Waals surface area contributed by atoms with Gasteiger partial charge in [-0.3, -0.25) is 9.59 Å². The molecule has 2 amide bonds. The maximum Gasteiger partial charge on any atom is 0.313 e. The second-order valence-electron chi connectivity index (χ2n) is 6.26. The number of hydrogen-bond donors (Lipinski definition) is 2. The molecule has 2 heterocycles. The maximum atomic E-state index is 12.1. The molecule has 1 fully saturated rings. The summed E-state index contributed by atoms with van der Waals surface area (Å²) in [5.41, 5.74) is 2.99. The number of anilines is 2. The molecule has 0 bridgehead atoms. The first-order chi connectivity index (χ1) is 11.7. The molecule has 4 rings (SSSR count). The highest BCUT2D eigenvalue weighted by Gasteiger charge is 2.27. The first-order valence-corrected chi connectivity index (χ1v) is 9.10. The van der Waals surface area contributed by atoms with E-state index in [1.54, 1.807) is 11.3 Å². The summed E-state index contributed by atoms with van der Waals surface area (Å²) in [6.07, 6.45) is 2.94. The molecule has 0 saturated heterocycles. The lowest BCUT2D eigenvalue weighted by Crippen LogP contribution is -2.37. The summed E-state index contributed by atoms with van der Waals surface area (Å²) in [7, 11) is 0. The van der Waals surface area contributed by atoms with Gasteiger partial charge in [0.1, 0.15) is 0 Å². The second kappa shape index (κ2) is 6.28. The van der Waals surface area contributed by atoms with Crippen molar-refractivity contribution in [3.8, 4) is 0 Å². The molecule has 2 N–H and O–H groups in total. The van der Waals surface area contributed by atoms with Crippen LogP contribution in [0.25, 0.3) is 0 Å². The van der Waals surface area contributed by atoms with E-state index in [1.807, 2.05) is 24.3 Å². The van der Waals surface area contributed by atoms with E-state index < -0.39 is 11.8 Å². The molecule has 2 aromatic rings. The molecule has 5 nitrogen and oxygen atoms in total. The number of carbonyl (C=O) groups excluding carboxylic acids is 2. The maximum absolute atomic E-state index is 12.1. The molecule has 0 unspecified atom stereocenters. The van der Waals surface area contributed by atoms with E-state index in [-0.39, 0.29) is 6.04 Å². The van der Waals surface area contributed by atoms with Crippen LogP contribution in [-0.4, -0.2) is 24.4 Å². The topological polar surface area (TPSA) is 61.4 Å². The Bertz CT molecular complexity index is 782. The summed E-state index contributed by atoms with van der Waals surface area (Å²) in [5, 5.41) is 7.62. The summed E-state index contributed by atoms with van der Waals surface area (Å²) in [4.78, 5) is 27.7. The smallest absolute Gasteiger partial charge is 0.313 e. The Morgan fingerprint density at radius 2 is 1.96 bits per heavy atom. The number of rotatable bonds is 3. The van der Waals surface area contributed by atoms with Crippen LogP contribution in [0.4, 0.5) is 11.4 Å². The third-order valence-corrected chi connectivity index (χ3v) is 5.44. The molecule has 1 aliphatic carbocycles. The highest BCUT2D eigenvalue weighted by Crippen LogP contribution is 2.32. The van der Waals surface area contributed by atoms with Crippen molar-refractivity contribution in [2.75, 3.05) is 16.8 Å². The Morgan fingerprint density at radius 1 is 1.12 bits per heavy atom. The largest absolute Gasteiger partial charge is 0.365 e. The molecule has 1 aliphatic heterocycles. The number of benzene rings is 1. The van der Waals surface area contributed by atoms with Gasteiger partial charge in [-0.15, -0.1) is 11.3 Å². The van der Waals surface area contributed by atoms with Crippen molar-refractivity contribution in [3.05, 3.63) is 46.2 Å². The highest BCUT2D eigenvalue weighted by molar-refractivity contribution is 7.10. The van der Waals surface area contributed by atoms with Crippen LogP contribution in [0, 0.1) is 0 Å². The third-order valence-electron chi connectivity index (χ3n) is 4.42. The number of nitrogens with one attached hydrogen (secondary N) is 2. The summed E-state index contributed by atoms with van der Waals surface area (Å²) in [5.74, 6) is -1.14. The molecule has 0 spiro atoms. The SMILES string of the molecule is O=C(Nc1ccccc1N1CCc2sccc2C1)C(=O)NC1CC1. The molecule has 1 saturated carbocycles. The minimum Gasteiger partial charge on any atom is -0.365 e. The second-order valence-corrected chi connectivity index (χ2v) is 7.26. The number of para-hydroxylation sites is 2. The van der Waals surface area contributed by atoms with Gasteiger partial charge in [0.2, 0.25) is 0 Å². The van der Waals surface area contributed by atoms with E-state index >= 15 is 0 Å². The molecule has 124 valence electrons. The Morgan fingerprint density at radius 3 is 2.79 bits per heavy atom. The minimum absolute atomic E-state index is 0.178. The first-order valence-electron chi connectivity index (χ1n) is 8.22. The van der Waals surface area contributed by atoms with Crippen molar-refractivity contribution in [1.29, 1.82) is 0 Å². The molecule has 1 aromatic heterocycles. The van der Waals surface area contributed by atoms with Crippen LogP contribution in [0.2, 0.25) is 0 Å². The summed E-state index contributed by atoms with van der Waals surface area (Å²) in [6, 6.07) is 10.0. The highest BCUT2D eigenvalue weighted by atomic mass is 32.1. The Labute approximate surface area is 144 Å². The number of nitrogens with zero attached hydrogens (tertiary/aromatic N) is 1. The lowest BCUT2D eigenvalue weighted by atomic mass is 10.1. The molecular weight excluding hydrogens is 322 g/mol. The van der Waals surface area contributed by atoms with Gasteiger partial charge in [-0.25, -0.2) is 0 Å². The zero-order chi connectivity index (χ0) is 16.5. The normalized spacial score (nSPS) is 16.4. The summed E-state index contributed by atoms with van der Waals surface area (Å²) >= 11 is 1.80. The van der Waals surface area contributed by atoms with Crippen LogP contribution >= 0.6 is 11.3 Å². The summed E-state index contributed by atoms with van der Waals surface area (Å²) < 4.78 is 0. The van der Waals surface area contributed by atoms with Crippen molar-refractivity contribution < 1.29 is 9.59 Å². The molecule has 6 heteroatoms. The molecule has 2 aliphatic rings. The van der Waals surface area contributed by atoms with Crippen LogP contribution in [0.15, 0.2) is 35.7 Å². The number of thiophene rings is 1. The van der Waals surface area contributed by atoms with Crippen LogP contribution in [0.3, 0.4) is 0 Å². The fraction of sp³-hybridized carbons (Fsp3) is 0.333. The molecule has 24 heavy (non-hydrogen) atoms. The van der Waals surface area contributed by atoms with Gasteiger partial charge in [0, 0.05) is 24.0 Å². The fourth-order valence-corrected chi connectivity index (χ4v) is 3.86. The van der Waals surface area contributed by atoms with Crippen molar-refractivity contribution in [1.82, 2.24) is 5.32 Å². The van der Waals surface area contributed by atoms with Gasteiger partial charge < -0.3 is 15.5 Å². The van der Waals surface area contributed by atoms with Crippen LogP contribution < -0.4 is 15.5 Å². The third kappa shape index (κ3) is 3.14. The van der Waals surface area contributed by atoms with Crippen LogP contribution in [0.1, 0.15) is 23.3 Å². The zero-order valence-corrected chi connectivity index (χ0v) is 14.1. The Hall–Kier alpha value is -2.34. The monoisotopic (exact) mass is 341 g/mol. The predicted molar refractivity (Wildman–Crippen MR) is 95.3 cm³/mol. The molecule has 0 atom stereocenters. The van der Waals surface area contributed by atoms with Gasteiger partial charge in [-0.2, -0.15) is 0 Å². The molecule has 0 radical (unpaired) electrons. The van der Waals surface area contributed by atoms with Gasteiger partial charge in [0.05, 0.1) is 11.4 Å². The van der Waals surface area contributed by atoms with Gasteiger partial charge >= 0.3 is 11.8 Å². The van der Waals surface area contributed by atoms with Gasteiger partial charge in [-0.1, -0.05) is 12.1 Å². The van der Waals surface area contributed by atoms with E-state index in [1.165, 1.54) is 10.4 Å². The van der Waals surface area contributed by atoms with Crippen molar-refractivity contribution in [2.45, 2.75) is 31.8 Å². The average molecular weight is 341 g/mol. The zero-order valence-electron chi connectivity index (χ0n) is 13.2. The predicted octanol–water partition coefficient (Wildman–Crippen LogP) is 2.53. The lowest BCUT2D eigenvalue weighted by molar-refractivity contribution is -0.136. The van der Waals surface area contributed by atoms with Crippen molar-refractivity contribution in [2.24, 2.45) is 0 Å². The van der Waals surface area contributed by atoms with Crippen LogP contribution in [-0.2, 0) is 22.6 Å². The van der Waals surface area contributed by atoms with E-state index in [0.717, 1.165) is 38.0 Å². The Balaban J connectivity index is 1.50. The van der Waals surface area contributed by atoms with Crippen LogP contribution in [0.5, 0.6) is 0 Å². The lowest BCUT2D eigenvalue weighted by Gasteiger charge is -2.30. The minimum atomic E-state index is -0.595. The first kappa shape index (κ1) is 15.2. The van der Waals surface area contributed by atoms with Crippen molar-refractivity contribution >= 4 is 34.5 Å². The van der Waals surface area contributed by atoms with Gasteiger partial charge in [0.25, 0.3) is 0 Å². The van der Waals surface area contributed by atoms with E-state index in [0.29, 0.717) is 5.69 Å². The number of fused-ring (bicyclic) bond motifs is 1. The quantitative estimate of drug-likeness (QED) is 0.844. The van der Waals surface area contributed by atoms with E-state index in [4.69, 9.17) is 0 Å². The van der Waals surface area contributed by atoms with E-state index in [2.05, 4.69) is 27.0 Å².